The molecule has 0 amide bonds. The maximum atomic E-state index is 11.9. The van der Waals surface area contributed by atoms with E-state index >= 15 is 0 Å². The van der Waals surface area contributed by atoms with Gasteiger partial charge in [0.25, 0.3) is 0 Å². The lowest BCUT2D eigenvalue weighted by atomic mass is 9.94. The molecular weight excluding hydrogens is 202 g/mol. The van der Waals surface area contributed by atoms with Crippen molar-refractivity contribution in [2.75, 3.05) is 13.7 Å². The molecule has 3 nitrogen and oxygen atoms in total. The van der Waals surface area contributed by atoms with Crippen LogP contribution in [-0.2, 0) is 9.53 Å². The Morgan fingerprint density at radius 3 is 2.69 bits per heavy atom. The normalized spacial score (nSPS) is 29.7. The molecule has 0 heterocycles. The van der Waals surface area contributed by atoms with Crippen LogP contribution in [0.2, 0.25) is 0 Å². The van der Waals surface area contributed by atoms with E-state index in [2.05, 4.69) is 26.1 Å². The van der Waals surface area contributed by atoms with E-state index in [1.165, 1.54) is 7.11 Å². The average molecular weight is 227 g/mol. The third-order valence-corrected chi connectivity index (χ3v) is 3.62. The van der Waals surface area contributed by atoms with Gasteiger partial charge in [0.15, 0.2) is 0 Å². The van der Waals surface area contributed by atoms with Crippen LogP contribution in [0, 0.1) is 11.8 Å². The standard InChI is InChI=1S/C13H25NO2/c1-5-11-6-7-13(8-11,12(15)16-4)14-9-10(2)3/h10-11,14H,5-9H2,1-4H3. The zero-order chi connectivity index (χ0) is 12.2. The molecule has 0 bridgehead atoms. The largest absolute Gasteiger partial charge is 0.468 e. The van der Waals surface area contributed by atoms with Gasteiger partial charge in [0, 0.05) is 0 Å². The Hall–Kier alpha value is -0.570. The van der Waals surface area contributed by atoms with Gasteiger partial charge in [-0.05, 0) is 37.6 Å². The number of rotatable bonds is 5. The number of ether oxygens (including phenoxy) is 1. The minimum Gasteiger partial charge on any atom is -0.468 e. The molecule has 0 aromatic carbocycles. The average Bonchev–Trinajstić information content (AvgIpc) is 2.70. The maximum absolute atomic E-state index is 11.9. The number of esters is 1. The Balaban J connectivity index is 2.67. The van der Waals surface area contributed by atoms with Crippen LogP contribution in [0.3, 0.4) is 0 Å². The van der Waals surface area contributed by atoms with E-state index in [0.29, 0.717) is 11.8 Å². The van der Waals surface area contributed by atoms with Gasteiger partial charge in [0.2, 0.25) is 0 Å². The number of hydrogen-bond acceptors (Lipinski definition) is 3. The summed E-state index contributed by atoms with van der Waals surface area (Å²) in [4.78, 5) is 11.9. The van der Waals surface area contributed by atoms with E-state index in [4.69, 9.17) is 4.74 Å². The molecule has 0 aromatic rings. The predicted octanol–water partition coefficient (Wildman–Crippen LogP) is 2.35. The zero-order valence-corrected chi connectivity index (χ0v) is 11.0. The van der Waals surface area contributed by atoms with Crippen molar-refractivity contribution in [3.8, 4) is 0 Å². The van der Waals surface area contributed by atoms with Crippen LogP contribution >= 0.6 is 0 Å². The van der Waals surface area contributed by atoms with Gasteiger partial charge >= 0.3 is 5.97 Å². The van der Waals surface area contributed by atoms with E-state index in [1.54, 1.807) is 0 Å². The van der Waals surface area contributed by atoms with Crippen molar-refractivity contribution in [1.82, 2.24) is 5.32 Å². The fourth-order valence-electron chi connectivity index (χ4n) is 2.51. The Labute approximate surface area is 98.9 Å². The summed E-state index contributed by atoms with van der Waals surface area (Å²) in [7, 11) is 1.49. The van der Waals surface area contributed by atoms with Crippen molar-refractivity contribution in [3.63, 3.8) is 0 Å². The Kier molecular flexibility index (Phi) is 4.78. The molecule has 0 aromatic heterocycles. The third-order valence-electron chi connectivity index (χ3n) is 3.62. The monoisotopic (exact) mass is 227 g/mol. The SMILES string of the molecule is CCC1CCC(NCC(C)C)(C(=O)OC)C1. The van der Waals surface area contributed by atoms with E-state index in [1.807, 2.05) is 0 Å². The van der Waals surface area contributed by atoms with Crippen molar-refractivity contribution in [3.05, 3.63) is 0 Å². The molecule has 1 rings (SSSR count). The smallest absolute Gasteiger partial charge is 0.326 e. The second kappa shape index (κ2) is 5.67. The van der Waals surface area contributed by atoms with Crippen LogP contribution in [0.15, 0.2) is 0 Å². The summed E-state index contributed by atoms with van der Waals surface area (Å²) in [6, 6.07) is 0. The number of nitrogens with one attached hydrogen (secondary N) is 1. The summed E-state index contributed by atoms with van der Waals surface area (Å²) in [5.41, 5.74) is -0.403. The van der Waals surface area contributed by atoms with Gasteiger partial charge in [0.05, 0.1) is 7.11 Å². The second-order valence-electron chi connectivity index (χ2n) is 5.37. The van der Waals surface area contributed by atoms with Gasteiger partial charge < -0.3 is 10.1 Å². The quantitative estimate of drug-likeness (QED) is 0.733. The maximum Gasteiger partial charge on any atom is 0.326 e. The van der Waals surface area contributed by atoms with Gasteiger partial charge in [-0.15, -0.1) is 0 Å². The van der Waals surface area contributed by atoms with Crippen LogP contribution < -0.4 is 5.32 Å². The molecule has 0 saturated heterocycles. The molecule has 1 N–H and O–H groups in total. The van der Waals surface area contributed by atoms with Gasteiger partial charge in [0.1, 0.15) is 5.54 Å². The molecule has 16 heavy (non-hydrogen) atoms. The summed E-state index contributed by atoms with van der Waals surface area (Å²) in [5, 5.41) is 3.44. The van der Waals surface area contributed by atoms with Gasteiger partial charge in [-0.2, -0.15) is 0 Å². The number of carbonyl (C=O) groups excluding carboxylic acids is 1. The summed E-state index contributed by atoms with van der Waals surface area (Å²) in [6.07, 6.45) is 4.15. The minimum atomic E-state index is -0.403. The lowest BCUT2D eigenvalue weighted by Gasteiger charge is -2.28. The van der Waals surface area contributed by atoms with Crippen LogP contribution in [0.5, 0.6) is 0 Å². The highest BCUT2D eigenvalue weighted by atomic mass is 16.5. The van der Waals surface area contributed by atoms with Crippen molar-refractivity contribution >= 4 is 5.97 Å². The summed E-state index contributed by atoms with van der Waals surface area (Å²) in [6.45, 7) is 7.39. The molecular formula is C13H25NO2. The van der Waals surface area contributed by atoms with E-state index < -0.39 is 5.54 Å². The topological polar surface area (TPSA) is 38.3 Å². The van der Waals surface area contributed by atoms with Crippen molar-refractivity contribution in [2.45, 2.75) is 52.0 Å². The highest BCUT2D eigenvalue weighted by Crippen LogP contribution is 2.37. The van der Waals surface area contributed by atoms with Crippen molar-refractivity contribution in [2.24, 2.45) is 11.8 Å². The Bertz CT molecular complexity index is 240. The lowest BCUT2D eigenvalue weighted by molar-refractivity contribution is -0.148. The van der Waals surface area contributed by atoms with Crippen molar-refractivity contribution in [1.29, 1.82) is 0 Å². The first kappa shape index (κ1) is 13.5. The molecule has 1 saturated carbocycles. The molecule has 94 valence electrons. The molecule has 1 aliphatic carbocycles. The molecule has 1 fully saturated rings. The van der Waals surface area contributed by atoms with Crippen molar-refractivity contribution < 1.29 is 9.53 Å². The van der Waals surface area contributed by atoms with Crippen LogP contribution in [0.4, 0.5) is 0 Å². The fraction of sp³-hybridized carbons (Fsp3) is 0.923. The first-order valence-electron chi connectivity index (χ1n) is 6.37. The number of carbonyl (C=O) groups is 1. The number of methoxy groups -OCH3 is 1. The van der Waals surface area contributed by atoms with Crippen LogP contribution in [-0.4, -0.2) is 25.2 Å². The Morgan fingerprint density at radius 1 is 1.56 bits per heavy atom. The van der Waals surface area contributed by atoms with E-state index in [0.717, 1.165) is 32.2 Å². The molecule has 2 atom stereocenters. The molecule has 1 aliphatic rings. The zero-order valence-electron chi connectivity index (χ0n) is 11.0. The van der Waals surface area contributed by atoms with Gasteiger partial charge in [-0.1, -0.05) is 27.2 Å². The van der Waals surface area contributed by atoms with Gasteiger partial charge in [-0.25, -0.2) is 0 Å². The predicted molar refractivity (Wildman–Crippen MR) is 65.2 cm³/mol. The van der Waals surface area contributed by atoms with Crippen LogP contribution in [0.1, 0.15) is 46.5 Å². The van der Waals surface area contributed by atoms with E-state index in [9.17, 15) is 4.79 Å². The molecule has 0 aliphatic heterocycles. The summed E-state index contributed by atoms with van der Waals surface area (Å²) in [5.74, 6) is 1.14. The minimum absolute atomic E-state index is 0.0795. The van der Waals surface area contributed by atoms with Crippen LogP contribution in [0.25, 0.3) is 0 Å². The first-order chi connectivity index (χ1) is 7.54. The second-order valence-corrected chi connectivity index (χ2v) is 5.37. The third kappa shape index (κ3) is 2.97. The molecule has 2 unspecified atom stereocenters. The summed E-state index contributed by atoms with van der Waals surface area (Å²) < 4.78 is 4.96. The number of hydrogen-bond donors (Lipinski definition) is 1. The Morgan fingerprint density at radius 2 is 2.25 bits per heavy atom. The molecule has 0 spiro atoms. The summed E-state index contributed by atoms with van der Waals surface area (Å²) >= 11 is 0. The molecule has 0 radical (unpaired) electrons. The highest BCUT2D eigenvalue weighted by molar-refractivity contribution is 5.81. The fourth-order valence-corrected chi connectivity index (χ4v) is 2.51. The lowest BCUT2D eigenvalue weighted by Crippen LogP contribution is -2.52. The highest BCUT2D eigenvalue weighted by Gasteiger charge is 2.45. The first-order valence-corrected chi connectivity index (χ1v) is 6.37. The van der Waals surface area contributed by atoms with Gasteiger partial charge in [-0.3, -0.25) is 4.79 Å². The molecule has 3 heteroatoms. The van der Waals surface area contributed by atoms with E-state index in [-0.39, 0.29) is 5.97 Å².